The van der Waals surface area contributed by atoms with Crippen LogP contribution < -0.4 is 16.0 Å². The average molecular weight is 558 g/mol. The summed E-state index contributed by atoms with van der Waals surface area (Å²) < 4.78 is 33.1. The highest BCUT2D eigenvalue weighted by Crippen LogP contribution is 2.39. The van der Waals surface area contributed by atoms with Crippen molar-refractivity contribution in [1.29, 1.82) is 0 Å². The van der Waals surface area contributed by atoms with E-state index in [1.165, 1.54) is 35.1 Å². The molecule has 9 heteroatoms. The number of aromatic nitrogens is 2. The largest absolute Gasteiger partial charge is 0.390 e. The fourth-order valence-electron chi connectivity index (χ4n) is 5.53. The number of anilines is 2. The second-order valence-corrected chi connectivity index (χ2v) is 12.2. The zero-order chi connectivity index (χ0) is 28.0. The van der Waals surface area contributed by atoms with E-state index in [1.807, 2.05) is 6.92 Å². The van der Waals surface area contributed by atoms with Crippen LogP contribution >= 0.6 is 11.5 Å². The van der Waals surface area contributed by atoms with Crippen LogP contribution in [0.1, 0.15) is 76.5 Å². The minimum atomic E-state index is -0.876. The van der Waals surface area contributed by atoms with Gasteiger partial charge in [-0.2, -0.15) is 4.37 Å². The number of halogens is 2. The van der Waals surface area contributed by atoms with Gasteiger partial charge < -0.3 is 21.1 Å². The summed E-state index contributed by atoms with van der Waals surface area (Å²) in [7, 11) is 0. The van der Waals surface area contributed by atoms with E-state index >= 15 is 0 Å². The minimum Gasteiger partial charge on any atom is -0.390 e. The maximum absolute atomic E-state index is 14.7. The summed E-state index contributed by atoms with van der Waals surface area (Å²) in [5.41, 5.74) is 4.62. The molecule has 39 heavy (non-hydrogen) atoms. The number of aliphatic hydroxyl groups is 1. The lowest BCUT2D eigenvalue weighted by molar-refractivity contribution is 0.122. The molecule has 4 N–H and O–H groups in total. The maximum atomic E-state index is 14.7. The lowest BCUT2D eigenvalue weighted by Crippen LogP contribution is -2.51. The van der Waals surface area contributed by atoms with Crippen LogP contribution in [0.2, 0.25) is 0 Å². The van der Waals surface area contributed by atoms with E-state index < -0.39 is 23.8 Å². The lowest BCUT2D eigenvalue weighted by Gasteiger charge is -2.41. The molecule has 4 rings (SSSR count). The molecular formula is C30H41F2N5OS. The highest BCUT2D eigenvalue weighted by Gasteiger charge is 2.35. The van der Waals surface area contributed by atoms with Crippen molar-refractivity contribution in [2.24, 2.45) is 0 Å². The van der Waals surface area contributed by atoms with Crippen LogP contribution in [0.4, 0.5) is 20.4 Å². The van der Waals surface area contributed by atoms with Crippen LogP contribution in [0.5, 0.6) is 0 Å². The second-order valence-electron chi connectivity index (χ2n) is 11.6. The van der Waals surface area contributed by atoms with Crippen molar-refractivity contribution in [3.8, 4) is 0 Å². The Morgan fingerprint density at radius 2 is 1.87 bits per heavy atom. The molecule has 2 atom stereocenters. The maximum Gasteiger partial charge on any atom is 0.234 e. The number of benzene rings is 2. The third-order valence-corrected chi connectivity index (χ3v) is 8.19. The van der Waals surface area contributed by atoms with Crippen LogP contribution in [-0.2, 0) is 17.4 Å². The standard InChI is InChI=1S/C30H41F2N5OS/c1-5-33-27-20(14-23(31)17-24(27)32)15-25(36-28-34-19-39-37-28)26(38)18-35-30(12-7-6-8-13-30)22-11-9-10-21(16-22)29(2,3)4/h9-11,14,16-17,19,25-26,33,35,38H,5-8,12-13,15,18H2,1-4H3,(H,36,37). The van der Waals surface area contributed by atoms with Gasteiger partial charge in [-0.3, -0.25) is 0 Å². The number of nitrogens with zero attached hydrogens (tertiary/aromatic N) is 2. The van der Waals surface area contributed by atoms with E-state index in [0.717, 1.165) is 31.7 Å². The van der Waals surface area contributed by atoms with Crippen molar-refractivity contribution in [1.82, 2.24) is 14.7 Å². The highest BCUT2D eigenvalue weighted by atomic mass is 32.1. The van der Waals surface area contributed by atoms with E-state index in [4.69, 9.17) is 0 Å². The average Bonchev–Trinajstić information content (AvgIpc) is 3.42. The third kappa shape index (κ3) is 7.32. The number of nitrogens with one attached hydrogen (secondary N) is 3. The fraction of sp³-hybridized carbons (Fsp3) is 0.533. The quantitative estimate of drug-likeness (QED) is 0.219. The molecule has 2 aromatic carbocycles. The molecule has 1 aliphatic rings. The molecule has 3 aromatic rings. The molecule has 212 valence electrons. The molecule has 6 nitrogen and oxygen atoms in total. The Hall–Kier alpha value is -2.62. The predicted molar refractivity (Wildman–Crippen MR) is 155 cm³/mol. The van der Waals surface area contributed by atoms with Crippen LogP contribution in [-0.4, -0.2) is 39.7 Å². The molecule has 0 saturated heterocycles. The molecule has 1 aliphatic carbocycles. The first kappa shape index (κ1) is 29.4. The number of rotatable bonds is 11. The molecule has 0 amide bonds. The molecule has 1 heterocycles. The minimum absolute atomic E-state index is 0.0331. The first-order chi connectivity index (χ1) is 18.6. The van der Waals surface area contributed by atoms with Gasteiger partial charge in [-0.15, -0.1) is 0 Å². The van der Waals surface area contributed by atoms with Gasteiger partial charge in [0.1, 0.15) is 17.1 Å². The van der Waals surface area contributed by atoms with E-state index in [-0.39, 0.29) is 23.1 Å². The molecule has 1 aromatic heterocycles. The summed E-state index contributed by atoms with van der Waals surface area (Å²) in [4.78, 5) is 4.22. The number of aliphatic hydroxyl groups excluding tert-OH is 1. The van der Waals surface area contributed by atoms with E-state index in [0.29, 0.717) is 24.6 Å². The van der Waals surface area contributed by atoms with Crippen molar-refractivity contribution in [3.63, 3.8) is 0 Å². The summed E-state index contributed by atoms with van der Waals surface area (Å²) in [6, 6.07) is 10.4. The van der Waals surface area contributed by atoms with Crippen LogP contribution in [0.3, 0.4) is 0 Å². The first-order valence-electron chi connectivity index (χ1n) is 13.9. The van der Waals surface area contributed by atoms with Crippen molar-refractivity contribution in [3.05, 3.63) is 70.2 Å². The predicted octanol–water partition coefficient (Wildman–Crippen LogP) is 6.38. The van der Waals surface area contributed by atoms with Gasteiger partial charge in [-0.1, -0.05) is 64.3 Å². The molecule has 2 unspecified atom stereocenters. The smallest absolute Gasteiger partial charge is 0.234 e. The molecule has 0 bridgehead atoms. The third-order valence-electron chi connectivity index (χ3n) is 7.71. The van der Waals surface area contributed by atoms with Crippen LogP contribution in [0.25, 0.3) is 0 Å². The van der Waals surface area contributed by atoms with Gasteiger partial charge in [0.2, 0.25) is 5.95 Å². The number of hydrogen-bond donors (Lipinski definition) is 4. The molecule has 1 fully saturated rings. The van der Waals surface area contributed by atoms with Crippen molar-refractivity contribution in [2.45, 2.75) is 89.3 Å². The zero-order valence-corrected chi connectivity index (χ0v) is 24.2. The fourth-order valence-corrected chi connectivity index (χ4v) is 5.93. The number of hydrogen-bond acceptors (Lipinski definition) is 7. The Morgan fingerprint density at radius 3 is 2.54 bits per heavy atom. The highest BCUT2D eigenvalue weighted by molar-refractivity contribution is 7.03. The lowest BCUT2D eigenvalue weighted by atomic mass is 9.74. The summed E-state index contributed by atoms with van der Waals surface area (Å²) in [6.45, 7) is 9.31. The van der Waals surface area contributed by atoms with Gasteiger partial charge >= 0.3 is 0 Å². The van der Waals surface area contributed by atoms with Crippen LogP contribution in [0.15, 0.2) is 41.9 Å². The van der Waals surface area contributed by atoms with Crippen molar-refractivity contribution in [2.75, 3.05) is 23.7 Å². The molecule has 0 radical (unpaired) electrons. The van der Waals surface area contributed by atoms with Gasteiger partial charge in [0.05, 0.1) is 17.8 Å². The van der Waals surface area contributed by atoms with Gasteiger partial charge in [0.25, 0.3) is 0 Å². The zero-order valence-electron chi connectivity index (χ0n) is 23.4. The van der Waals surface area contributed by atoms with Gasteiger partial charge in [-0.25, -0.2) is 13.8 Å². The van der Waals surface area contributed by atoms with Crippen molar-refractivity contribution < 1.29 is 13.9 Å². The molecule has 1 saturated carbocycles. The Balaban J connectivity index is 1.59. The Kier molecular flexibility index (Phi) is 9.56. The Bertz CT molecular complexity index is 1210. The summed E-state index contributed by atoms with van der Waals surface area (Å²) in [6.07, 6.45) is 4.70. The summed E-state index contributed by atoms with van der Waals surface area (Å²) in [5, 5.41) is 21.5. The van der Waals surface area contributed by atoms with Gasteiger partial charge in [-0.05, 0) is 65.9 Å². The van der Waals surface area contributed by atoms with E-state index in [1.54, 1.807) is 5.51 Å². The molecule has 0 aliphatic heterocycles. The Labute approximate surface area is 234 Å². The normalized spacial score (nSPS) is 17.0. The second kappa shape index (κ2) is 12.7. The summed E-state index contributed by atoms with van der Waals surface area (Å²) >= 11 is 1.20. The summed E-state index contributed by atoms with van der Waals surface area (Å²) in [5.74, 6) is -0.914. The van der Waals surface area contributed by atoms with Crippen LogP contribution in [0, 0.1) is 11.6 Å². The molecule has 0 spiro atoms. The topological polar surface area (TPSA) is 82.1 Å². The van der Waals surface area contributed by atoms with Gasteiger partial charge in [0.15, 0.2) is 0 Å². The van der Waals surface area contributed by atoms with E-state index in [2.05, 4.69) is 70.3 Å². The monoisotopic (exact) mass is 557 g/mol. The van der Waals surface area contributed by atoms with E-state index in [9.17, 15) is 13.9 Å². The SMILES string of the molecule is CCNc1c(F)cc(F)cc1CC(Nc1ncsn1)C(O)CNC1(c2cccc(C(C)(C)C)c2)CCCCC1. The Morgan fingerprint density at radius 1 is 1.10 bits per heavy atom. The first-order valence-corrected chi connectivity index (χ1v) is 14.7. The van der Waals surface area contributed by atoms with Crippen molar-refractivity contribution >= 4 is 23.2 Å². The molecular weight excluding hydrogens is 516 g/mol. The van der Waals surface area contributed by atoms with Gasteiger partial charge in [0, 0.05) is 24.7 Å².